The van der Waals surface area contributed by atoms with Crippen molar-refractivity contribution in [2.45, 2.75) is 26.0 Å². The largest absolute Gasteiger partial charge is 0.365 e. The van der Waals surface area contributed by atoms with Gasteiger partial charge in [0.1, 0.15) is 0 Å². The topological polar surface area (TPSA) is 58.6 Å². The number of morpholine rings is 1. The molecule has 2 aromatic carbocycles. The molecular formula is C23H24N4O2. The van der Waals surface area contributed by atoms with Crippen molar-refractivity contribution < 1.29 is 9.53 Å². The minimum atomic E-state index is -0.471. The molecule has 0 aliphatic carbocycles. The number of rotatable bonds is 2. The highest BCUT2D eigenvalue weighted by Crippen LogP contribution is 2.24. The summed E-state index contributed by atoms with van der Waals surface area (Å²) >= 11 is 0. The minimum Gasteiger partial charge on any atom is -0.365 e. The first-order chi connectivity index (χ1) is 14.2. The second-order valence-corrected chi connectivity index (χ2v) is 7.71. The molecule has 2 aliphatic heterocycles. The third-order valence-electron chi connectivity index (χ3n) is 5.80. The Hall–Kier alpha value is -2.99. The summed E-state index contributed by atoms with van der Waals surface area (Å²) in [5, 5.41) is 0. The van der Waals surface area contributed by atoms with Gasteiger partial charge in [0.05, 0.1) is 29.9 Å². The van der Waals surface area contributed by atoms with E-state index in [9.17, 15) is 4.79 Å². The molecule has 1 atom stereocenters. The zero-order valence-electron chi connectivity index (χ0n) is 16.5. The van der Waals surface area contributed by atoms with Crippen molar-refractivity contribution in [3.8, 4) is 0 Å². The lowest BCUT2D eigenvalue weighted by Gasteiger charge is -2.37. The van der Waals surface area contributed by atoms with Crippen LogP contribution in [0.4, 0.5) is 5.82 Å². The molecule has 29 heavy (non-hydrogen) atoms. The first-order valence-corrected chi connectivity index (χ1v) is 10.1. The zero-order valence-corrected chi connectivity index (χ0v) is 16.5. The zero-order chi connectivity index (χ0) is 19.8. The summed E-state index contributed by atoms with van der Waals surface area (Å²) in [7, 11) is 0. The highest BCUT2D eigenvalue weighted by atomic mass is 16.5. The Morgan fingerprint density at radius 3 is 2.55 bits per heavy atom. The molecule has 1 fully saturated rings. The molecular weight excluding hydrogens is 364 g/mol. The molecule has 1 saturated heterocycles. The Morgan fingerprint density at radius 1 is 1.00 bits per heavy atom. The molecule has 0 radical (unpaired) electrons. The molecule has 1 aromatic heterocycles. The summed E-state index contributed by atoms with van der Waals surface area (Å²) in [6.45, 7) is 5.09. The van der Waals surface area contributed by atoms with E-state index in [-0.39, 0.29) is 5.91 Å². The fourth-order valence-electron chi connectivity index (χ4n) is 4.26. The van der Waals surface area contributed by atoms with E-state index in [0.29, 0.717) is 26.2 Å². The van der Waals surface area contributed by atoms with Gasteiger partial charge in [-0.3, -0.25) is 4.79 Å². The van der Waals surface area contributed by atoms with Gasteiger partial charge >= 0.3 is 0 Å². The quantitative estimate of drug-likeness (QED) is 0.676. The van der Waals surface area contributed by atoms with Gasteiger partial charge in [-0.15, -0.1) is 0 Å². The monoisotopic (exact) mass is 388 g/mol. The molecule has 0 bridgehead atoms. The van der Waals surface area contributed by atoms with Crippen LogP contribution in [0.15, 0.2) is 48.5 Å². The van der Waals surface area contributed by atoms with Gasteiger partial charge in [0.15, 0.2) is 11.9 Å². The van der Waals surface area contributed by atoms with Crippen LogP contribution in [0.5, 0.6) is 0 Å². The summed E-state index contributed by atoms with van der Waals surface area (Å²) in [6.07, 6.45) is 0.426. The van der Waals surface area contributed by atoms with E-state index in [2.05, 4.69) is 23.1 Å². The summed E-state index contributed by atoms with van der Waals surface area (Å²) in [4.78, 5) is 26.8. The number of aryl methyl sites for hydroxylation is 1. The summed E-state index contributed by atoms with van der Waals surface area (Å²) in [5.41, 5.74) is 5.21. The van der Waals surface area contributed by atoms with Crippen LogP contribution in [0.3, 0.4) is 0 Å². The molecule has 3 heterocycles. The van der Waals surface area contributed by atoms with Crippen molar-refractivity contribution in [2.24, 2.45) is 0 Å². The Morgan fingerprint density at radius 2 is 1.72 bits per heavy atom. The number of aromatic nitrogens is 2. The number of amides is 1. The molecule has 3 aromatic rings. The van der Waals surface area contributed by atoms with E-state index in [1.54, 1.807) is 0 Å². The van der Waals surface area contributed by atoms with Gasteiger partial charge in [-0.25, -0.2) is 9.97 Å². The van der Waals surface area contributed by atoms with Crippen molar-refractivity contribution in [2.75, 3.05) is 31.1 Å². The smallest absolute Gasteiger partial charge is 0.253 e. The number of para-hydroxylation sites is 2. The standard InChI is InChI=1S/C23H24N4O2/c1-16-22(25-20-9-5-4-8-19(20)24-16)26-12-13-29-21(15-26)23(28)27-11-10-17-6-2-3-7-18(17)14-27/h2-9,21H,10-15H2,1H3. The van der Waals surface area contributed by atoms with Crippen LogP contribution in [0.2, 0.25) is 0 Å². The highest BCUT2D eigenvalue weighted by molar-refractivity contribution is 5.82. The molecule has 0 spiro atoms. The van der Waals surface area contributed by atoms with Gasteiger partial charge < -0.3 is 14.5 Å². The summed E-state index contributed by atoms with van der Waals surface area (Å²) in [6, 6.07) is 16.2. The van der Waals surface area contributed by atoms with Crippen LogP contribution >= 0.6 is 0 Å². The fourth-order valence-corrected chi connectivity index (χ4v) is 4.26. The maximum atomic E-state index is 13.2. The molecule has 148 valence electrons. The lowest BCUT2D eigenvalue weighted by molar-refractivity contribution is -0.145. The maximum absolute atomic E-state index is 13.2. The van der Waals surface area contributed by atoms with E-state index in [1.807, 2.05) is 42.2 Å². The van der Waals surface area contributed by atoms with Crippen LogP contribution in [-0.2, 0) is 22.5 Å². The van der Waals surface area contributed by atoms with Gasteiger partial charge in [0, 0.05) is 19.6 Å². The summed E-state index contributed by atoms with van der Waals surface area (Å²) in [5.74, 6) is 0.907. The van der Waals surface area contributed by atoms with Gasteiger partial charge in [-0.2, -0.15) is 0 Å². The number of carbonyl (C=O) groups excluding carboxylic acids is 1. The van der Waals surface area contributed by atoms with E-state index in [0.717, 1.165) is 35.5 Å². The molecule has 1 unspecified atom stereocenters. The van der Waals surface area contributed by atoms with Gasteiger partial charge in [0.25, 0.3) is 5.91 Å². The molecule has 0 N–H and O–H groups in total. The number of anilines is 1. The molecule has 0 saturated carbocycles. The molecule has 6 nitrogen and oxygen atoms in total. The van der Waals surface area contributed by atoms with Gasteiger partial charge in [0.2, 0.25) is 0 Å². The van der Waals surface area contributed by atoms with E-state index in [1.165, 1.54) is 11.1 Å². The third-order valence-corrected chi connectivity index (χ3v) is 5.80. The fraction of sp³-hybridized carbons (Fsp3) is 0.348. The van der Waals surface area contributed by atoms with E-state index in [4.69, 9.17) is 14.7 Å². The number of benzene rings is 2. The van der Waals surface area contributed by atoms with Crippen LogP contribution in [-0.4, -0.2) is 53.1 Å². The SMILES string of the molecule is Cc1nc2ccccc2nc1N1CCOC(C(=O)N2CCc3ccccc3C2)C1. The highest BCUT2D eigenvalue weighted by Gasteiger charge is 2.33. The Kier molecular flexibility index (Phi) is 4.64. The van der Waals surface area contributed by atoms with Crippen molar-refractivity contribution in [1.29, 1.82) is 0 Å². The molecule has 1 amide bonds. The average Bonchev–Trinajstić information content (AvgIpc) is 2.78. The van der Waals surface area contributed by atoms with Crippen molar-refractivity contribution >= 4 is 22.8 Å². The number of carbonyl (C=O) groups is 1. The number of nitrogens with zero attached hydrogens (tertiary/aromatic N) is 4. The maximum Gasteiger partial charge on any atom is 0.253 e. The number of ether oxygens (including phenoxy) is 1. The number of fused-ring (bicyclic) bond motifs is 2. The Bertz CT molecular complexity index is 1070. The number of hydrogen-bond acceptors (Lipinski definition) is 5. The predicted molar refractivity (Wildman–Crippen MR) is 112 cm³/mol. The van der Waals surface area contributed by atoms with Crippen LogP contribution in [0.1, 0.15) is 16.8 Å². The van der Waals surface area contributed by atoms with Gasteiger partial charge in [-0.1, -0.05) is 36.4 Å². The number of hydrogen-bond donors (Lipinski definition) is 0. The van der Waals surface area contributed by atoms with Crippen molar-refractivity contribution in [1.82, 2.24) is 14.9 Å². The Balaban J connectivity index is 1.35. The van der Waals surface area contributed by atoms with Crippen molar-refractivity contribution in [3.63, 3.8) is 0 Å². The second kappa shape index (κ2) is 7.44. The minimum absolute atomic E-state index is 0.0654. The van der Waals surface area contributed by atoms with E-state index >= 15 is 0 Å². The first kappa shape index (κ1) is 18.1. The first-order valence-electron chi connectivity index (χ1n) is 10.1. The Labute approximate surface area is 170 Å². The van der Waals surface area contributed by atoms with E-state index < -0.39 is 6.10 Å². The third kappa shape index (κ3) is 3.44. The molecule has 5 rings (SSSR count). The normalized spacial score (nSPS) is 19.3. The predicted octanol–water partition coefficient (Wildman–Crippen LogP) is 2.73. The second-order valence-electron chi connectivity index (χ2n) is 7.71. The van der Waals surface area contributed by atoms with Crippen LogP contribution in [0.25, 0.3) is 11.0 Å². The molecule has 6 heteroatoms. The summed E-state index contributed by atoms with van der Waals surface area (Å²) < 4.78 is 5.88. The lowest BCUT2D eigenvalue weighted by atomic mass is 9.99. The lowest BCUT2D eigenvalue weighted by Crippen LogP contribution is -2.52. The van der Waals surface area contributed by atoms with Crippen molar-refractivity contribution in [3.05, 3.63) is 65.4 Å². The van der Waals surface area contributed by atoms with Crippen LogP contribution < -0.4 is 4.90 Å². The average molecular weight is 388 g/mol. The molecule has 2 aliphatic rings. The van der Waals surface area contributed by atoms with Gasteiger partial charge in [-0.05, 0) is 36.6 Å². The van der Waals surface area contributed by atoms with Crippen LogP contribution in [0, 0.1) is 6.92 Å².